The molecule has 0 radical (unpaired) electrons. The van der Waals surface area contributed by atoms with E-state index < -0.39 is 0 Å². The standard InChI is InChI=1S/C12H20N2OS/c1-2-10-13-12(5-6-12)11(15)14(10)8-9-4-3-7-16-9/h9-10,13H,2-8H2,1H3. The first-order valence-electron chi connectivity index (χ1n) is 6.45. The monoisotopic (exact) mass is 240 g/mol. The Bertz CT molecular complexity index is 297. The number of amides is 1. The topological polar surface area (TPSA) is 32.3 Å². The molecule has 1 N–H and O–H groups in total. The van der Waals surface area contributed by atoms with Crippen LogP contribution in [0.4, 0.5) is 0 Å². The minimum Gasteiger partial charge on any atom is -0.324 e. The molecular weight excluding hydrogens is 220 g/mol. The number of carbonyl (C=O) groups is 1. The van der Waals surface area contributed by atoms with Crippen molar-refractivity contribution in [2.45, 2.75) is 56.0 Å². The molecule has 2 aliphatic heterocycles. The molecule has 0 aromatic carbocycles. The van der Waals surface area contributed by atoms with Gasteiger partial charge in [-0.1, -0.05) is 6.92 Å². The maximum absolute atomic E-state index is 12.3. The Hall–Kier alpha value is -0.220. The molecule has 2 saturated heterocycles. The highest BCUT2D eigenvalue weighted by Crippen LogP contribution is 2.43. The van der Waals surface area contributed by atoms with Crippen LogP contribution in [0, 0.1) is 0 Å². The van der Waals surface area contributed by atoms with Gasteiger partial charge in [0.1, 0.15) is 0 Å². The third-order valence-corrected chi connectivity index (χ3v) is 5.43. The molecule has 3 aliphatic rings. The fraction of sp³-hybridized carbons (Fsp3) is 0.917. The highest BCUT2D eigenvalue weighted by atomic mass is 32.2. The van der Waals surface area contributed by atoms with Crippen molar-refractivity contribution in [2.75, 3.05) is 12.3 Å². The molecule has 3 nitrogen and oxygen atoms in total. The molecule has 1 aliphatic carbocycles. The summed E-state index contributed by atoms with van der Waals surface area (Å²) in [5, 5.41) is 4.22. The molecule has 4 heteroatoms. The van der Waals surface area contributed by atoms with Gasteiger partial charge in [-0.15, -0.1) is 0 Å². The van der Waals surface area contributed by atoms with Crippen LogP contribution < -0.4 is 5.32 Å². The first-order valence-corrected chi connectivity index (χ1v) is 7.50. The number of nitrogens with zero attached hydrogens (tertiary/aromatic N) is 1. The van der Waals surface area contributed by atoms with E-state index in [0.29, 0.717) is 17.3 Å². The Morgan fingerprint density at radius 2 is 2.38 bits per heavy atom. The van der Waals surface area contributed by atoms with Gasteiger partial charge in [0.05, 0.1) is 11.7 Å². The van der Waals surface area contributed by atoms with E-state index in [1.54, 1.807) is 0 Å². The number of thioether (sulfide) groups is 1. The van der Waals surface area contributed by atoms with Crippen LogP contribution in [0.15, 0.2) is 0 Å². The van der Waals surface area contributed by atoms with Crippen LogP contribution in [0.25, 0.3) is 0 Å². The highest BCUT2D eigenvalue weighted by Gasteiger charge is 2.58. The van der Waals surface area contributed by atoms with E-state index in [4.69, 9.17) is 0 Å². The number of nitrogens with one attached hydrogen (secondary N) is 1. The molecule has 2 atom stereocenters. The first kappa shape index (κ1) is 10.9. The summed E-state index contributed by atoms with van der Waals surface area (Å²) in [6.45, 7) is 3.14. The number of carbonyl (C=O) groups excluding carboxylic acids is 1. The zero-order valence-electron chi connectivity index (χ0n) is 9.87. The van der Waals surface area contributed by atoms with E-state index in [9.17, 15) is 4.79 Å². The van der Waals surface area contributed by atoms with Gasteiger partial charge in [0.2, 0.25) is 5.91 Å². The Morgan fingerprint density at radius 3 is 2.94 bits per heavy atom. The molecule has 1 amide bonds. The van der Waals surface area contributed by atoms with Crippen molar-refractivity contribution in [1.82, 2.24) is 10.2 Å². The molecule has 2 heterocycles. The molecular formula is C12H20N2OS. The lowest BCUT2D eigenvalue weighted by Crippen LogP contribution is -2.40. The third kappa shape index (κ3) is 1.66. The van der Waals surface area contributed by atoms with E-state index in [-0.39, 0.29) is 5.54 Å². The minimum atomic E-state index is -0.121. The van der Waals surface area contributed by atoms with Crippen molar-refractivity contribution >= 4 is 17.7 Å². The van der Waals surface area contributed by atoms with E-state index in [1.165, 1.54) is 18.6 Å². The summed E-state index contributed by atoms with van der Waals surface area (Å²) in [4.78, 5) is 14.4. The molecule has 0 bridgehead atoms. The quantitative estimate of drug-likeness (QED) is 0.813. The lowest BCUT2D eigenvalue weighted by atomic mass is 10.2. The predicted octanol–water partition coefficient (Wildman–Crippen LogP) is 1.58. The number of rotatable bonds is 3. The summed E-state index contributed by atoms with van der Waals surface area (Å²) in [5.74, 6) is 1.66. The molecule has 16 heavy (non-hydrogen) atoms. The molecule has 1 spiro atoms. The summed E-state index contributed by atoms with van der Waals surface area (Å²) in [6.07, 6.45) is 6.05. The first-order chi connectivity index (χ1) is 7.75. The predicted molar refractivity (Wildman–Crippen MR) is 66.4 cm³/mol. The Labute approximate surface area is 101 Å². The molecule has 90 valence electrons. The van der Waals surface area contributed by atoms with Gasteiger partial charge in [-0.3, -0.25) is 10.1 Å². The van der Waals surface area contributed by atoms with E-state index in [1.807, 2.05) is 11.8 Å². The second kappa shape index (κ2) is 3.91. The largest absolute Gasteiger partial charge is 0.324 e. The van der Waals surface area contributed by atoms with E-state index >= 15 is 0 Å². The average molecular weight is 240 g/mol. The smallest absolute Gasteiger partial charge is 0.244 e. The van der Waals surface area contributed by atoms with Gasteiger partial charge in [0.15, 0.2) is 0 Å². The normalized spacial score (nSPS) is 36.3. The molecule has 3 rings (SSSR count). The van der Waals surface area contributed by atoms with Crippen molar-refractivity contribution in [3.8, 4) is 0 Å². The Morgan fingerprint density at radius 1 is 1.56 bits per heavy atom. The van der Waals surface area contributed by atoms with Crippen molar-refractivity contribution in [2.24, 2.45) is 0 Å². The molecule has 1 saturated carbocycles. The molecule has 0 aromatic heterocycles. The van der Waals surface area contributed by atoms with Crippen LogP contribution in [0.3, 0.4) is 0 Å². The molecule has 2 unspecified atom stereocenters. The van der Waals surface area contributed by atoms with Crippen molar-refractivity contribution in [3.63, 3.8) is 0 Å². The fourth-order valence-corrected chi connectivity index (χ4v) is 4.16. The summed E-state index contributed by atoms with van der Waals surface area (Å²) < 4.78 is 0. The average Bonchev–Trinajstić information content (AvgIpc) is 2.79. The van der Waals surface area contributed by atoms with Crippen LogP contribution in [0.5, 0.6) is 0 Å². The minimum absolute atomic E-state index is 0.121. The van der Waals surface area contributed by atoms with Gasteiger partial charge in [-0.05, 0) is 37.9 Å². The fourth-order valence-electron chi connectivity index (χ4n) is 2.90. The maximum Gasteiger partial charge on any atom is 0.244 e. The van der Waals surface area contributed by atoms with Gasteiger partial charge >= 0.3 is 0 Å². The second-order valence-corrected chi connectivity index (χ2v) is 6.65. The van der Waals surface area contributed by atoms with Gasteiger partial charge < -0.3 is 4.90 Å². The summed E-state index contributed by atoms with van der Waals surface area (Å²) in [5.41, 5.74) is -0.121. The van der Waals surface area contributed by atoms with E-state index in [2.05, 4.69) is 17.1 Å². The summed E-state index contributed by atoms with van der Waals surface area (Å²) in [6, 6.07) is 0. The zero-order chi connectivity index (χ0) is 11.2. The summed E-state index contributed by atoms with van der Waals surface area (Å²) >= 11 is 2.04. The van der Waals surface area contributed by atoms with Crippen molar-refractivity contribution < 1.29 is 4.79 Å². The van der Waals surface area contributed by atoms with Gasteiger partial charge in [0.25, 0.3) is 0 Å². The van der Waals surface area contributed by atoms with Crippen LogP contribution in [-0.2, 0) is 4.79 Å². The third-order valence-electron chi connectivity index (χ3n) is 4.05. The maximum atomic E-state index is 12.3. The van der Waals surface area contributed by atoms with Crippen LogP contribution in [-0.4, -0.2) is 40.1 Å². The second-order valence-electron chi connectivity index (χ2n) is 5.24. The van der Waals surface area contributed by atoms with Crippen LogP contribution in [0.2, 0.25) is 0 Å². The zero-order valence-corrected chi connectivity index (χ0v) is 10.7. The van der Waals surface area contributed by atoms with Crippen LogP contribution >= 0.6 is 11.8 Å². The Balaban J connectivity index is 1.69. The van der Waals surface area contributed by atoms with Crippen LogP contribution in [0.1, 0.15) is 39.0 Å². The van der Waals surface area contributed by atoms with E-state index in [0.717, 1.165) is 25.8 Å². The molecule has 0 aromatic rings. The molecule has 3 fully saturated rings. The number of hydrogen-bond acceptors (Lipinski definition) is 3. The summed E-state index contributed by atoms with van der Waals surface area (Å²) in [7, 11) is 0. The lowest BCUT2D eigenvalue weighted by molar-refractivity contribution is -0.130. The SMILES string of the molecule is CCC1NC2(CC2)C(=O)N1CC1CCCS1. The lowest BCUT2D eigenvalue weighted by Gasteiger charge is -2.25. The van der Waals surface area contributed by atoms with Gasteiger partial charge in [0, 0.05) is 11.8 Å². The Kier molecular flexibility index (Phi) is 2.67. The highest BCUT2D eigenvalue weighted by molar-refractivity contribution is 8.00. The van der Waals surface area contributed by atoms with Gasteiger partial charge in [-0.25, -0.2) is 0 Å². The van der Waals surface area contributed by atoms with Crippen molar-refractivity contribution in [3.05, 3.63) is 0 Å². The number of hydrogen-bond donors (Lipinski definition) is 1. The van der Waals surface area contributed by atoms with Crippen molar-refractivity contribution in [1.29, 1.82) is 0 Å². The van der Waals surface area contributed by atoms with Gasteiger partial charge in [-0.2, -0.15) is 11.8 Å².